The third kappa shape index (κ3) is 54.4. The summed E-state index contributed by atoms with van der Waals surface area (Å²) in [5.74, 6) is -0.151. The first-order chi connectivity index (χ1) is 34.1. The second-order valence-corrected chi connectivity index (χ2v) is 22.0. The van der Waals surface area contributed by atoms with Crippen LogP contribution < -0.4 is 5.32 Å². The molecule has 69 heavy (non-hydrogen) atoms. The van der Waals surface area contributed by atoms with E-state index in [9.17, 15) is 20.1 Å². The SMILES string of the molecule is CCCCCCCCCCC/C=C/CC/C=C/CCCC(O)C(O)C(CO)NC(=O)CCCCCCCCCCCCCCCCCCCCCCCCCCCCCCCCCCCCCCC. The highest BCUT2D eigenvalue weighted by molar-refractivity contribution is 5.76. The van der Waals surface area contributed by atoms with Crippen LogP contribution in [0.25, 0.3) is 0 Å². The number of amides is 1. The number of rotatable bonds is 59. The van der Waals surface area contributed by atoms with E-state index in [0.717, 1.165) is 44.9 Å². The molecule has 5 heteroatoms. The van der Waals surface area contributed by atoms with Crippen molar-refractivity contribution in [2.24, 2.45) is 0 Å². The quantitative estimate of drug-likeness (QED) is 0.0361. The largest absolute Gasteiger partial charge is 0.394 e. The third-order valence-corrected chi connectivity index (χ3v) is 15.0. The molecule has 0 fully saturated rings. The van der Waals surface area contributed by atoms with Crippen LogP contribution in [0.1, 0.15) is 354 Å². The van der Waals surface area contributed by atoms with Crippen LogP contribution in [0.4, 0.5) is 0 Å². The zero-order valence-electron chi connectivity index (χ0n) is 47.0. The Balaban J connectivity index is 3.45. The van der Waals surface area contributed by atoms with Crippen molar-refractivity contribution in [2.75, 3.05) is 6.61 Å². The van der Waals surface area contributed by atoms with Crippen molar-refractivity contribution in [3.05, 3.63) is 24.3 Å². The predicted octanol–water partition coefficient (Wildman–Crippen LogP) is 20.0. The van der Waals surface area contributed by atoms with E-state index in [1.165, 1.54) is 283 Å². The maximum absolute atomic E-state index is 12.5. The molecular weight excluding hydrogens is 847 g/mol. The number of allylic oxidation sites excluding steroid dienone is 4. The second kappa shape index (κ2) is 59.4. The number of aliphatic hydroxyl groups excluding tert-OH is 3. The van der Waals surface area contributed by atoms with Gasteiger partial charge in [0.1, 0.15) is 6.10 Å². The highest BCUT2D eigenvalue weighted by Crippen LogP contribution is 2.19. The molecule has 0 rings (SSSR count). The van der Waals surface area contributed by atoms with Gasteiger partial charge in [0, 0.05) is 6.42 Å². The van der Waals surface area contributed by atoms with Gasteiger partial charge < -0.3 is 20.6 Å². The molecule has 0 aliphatic heterocycles. The molecule has 4 N–H and O–H groups in total. The summed E-state index contributed by atoms with van der Waals surface area (Å²) in [6.45, 7) is 4.20. The molecule has 0 aliphatic carbocycles. The molecule has 1 amide bonds. The average Bonchev–Trinajstić information content (AvgIpc) is 3.35. The molecule has 0 heterocycles. The Labute approximate surface area is 432 Å². The lowest BCUT2D eigenvalue weighted by molar-refractivity contribution is -0.124. The minimum absolute atomic E-state index is 0.151. The Bertz CT molecular complexity index is 1030. The molecule has 0 aromatic heterocycles. The van der Waals surface area contributed by atoms with Gasteiger partial charge in [-0.1, -0.05) is 321 Å². The number of aliphatic hydroxyl groups is 3. The van der Waals surface area contributed by atoms with Gasteiger partial charge in [-0.05, 0) is 51.4 Å². The van der Waals surface area contributed by atoms with Crippen molar-refractivity contribution in [3.63, 3.8) is 0 Å². The van der Waals surface area contributed by atoms with E-state index in [4.69, 9.17) is 0 Å². The van der Waals surface area contributed by atoms with Crippen molar-refractivity contribution >= 4 is 5.91 Å². The summed E-state index contributed by atoms with van der Waals surface area (Å²) in [4.78, 5) is 12.5. The molecule has 410 valence electrons. The molecule has 3 atom stereocenters. The van der Waals surface area contributed by atoms with E-state index in [1.807, 2.05) is 0 Å². The summed E-state index contributed by atoms with van der Waals surface area (Å²) in [7, 11) is 0. The Kier molecular flexibility index (Phi) is 58.4. The van der Waals surface area contributed by atoms with E-state index in [-0.39, 0.29) is 12.5 Å². The molecule has 0 spiro atoms. The van der Waals surface area contributed by atoms with Crippen molar-refractivity contribution in [2.45, 2.75) is 372 Å². The van der Waals surface area contributed by atoms with Crippen LogP contribution in [0.5, 0.6) is 0 Å². The first-order valence-corrected chi connectivity index (χ1v) is 31.6. The molecule has 0 bridgehead atoms. The lowest BCUT2D eigenvalue weighted by Crippen LogP contribution is -2.50. The standard InChI is InChI=1S/C64H125NO4/c1-3-5-7-9-11-13-15-17-19-21-23-24-25-26-27-28-29-30-31-32-33-34-35-36-37-38-39-40-41-43-45-47-49-51-53-55-57-59-63(68)65-61(60-66)64(69)62(67)58-56-54-52-50-48-46-44-42-22-20-18-16-14-12-10-8-6-4-2/h42,44,50,52,61-62,64,66-67,69H,3-41,43,45-49,51,53-60H2,1-2H3,(H,65,68)/b44-42+,52-50+. The molecule has 0 saturated heterocycles. The van der Waals surface area contributed by atoms with E-state index < -0.39 is 18.2 Å². The van der Waals surface area contributed by atoms with Gasteiger partial charge in [-0.2, -0.15) is 0 Å². The molecule has 0 aromatic rings. The van der Waals surface area contributed by atoms with Gasteiger partial charge in [0.2, 0.25) is 5.91 Å². The Hall–Kier alpha value is -1.17. The zero-order valence-corrected chi connectivity index (χ0v) is 47.0. The fourth-order valence-electron chi connectivity index (χ4n) is 10.2. The Morgan fingerprint density at radius 3 is 0.884 bits per heavy atom. The van der Waals surface area contributed by atoms with Crippen molar-refractivity contribution in [3.8, 4) is 0 Å². The average molecular weight is 973 g/mol. The minimum Gasteiger partial charge on any atom is -0.394 e. The van der Waals surface area contributed by atoms with Gasteiger partial charge in [-0.15, -0.1) is 0 Å². The molecule has 0 aliphatic rings. The number of nitrogens with one attached hydrogen (secondary N) is 1. The molecule has 0 saturated carbocycles. The normalized spacial score (nSPS) is 13.3. The highest BCUT2D eigenvalue weighted by Gasteiger charge is 2.26. The number of carbonyl (C=O) groups is 1. The van der Waals surface area contributed by atoms with E-state index in [1.54, 1.807) is 0 Å². The fourth-order valence-corrected chi connectivity index (χ4v) is 10.2. The van der Waals surface area contributed by atoms with Gasteiger partial charge >= 0.3 is 0 Å². The smallest absolute Gasteiger partial charge is 0.220 e. The highest BCUT2D eigenvalue weighted by atomic mass is 16.3. The zero-order chi connectivity index (χ0) is 50.0. The number of hydrogen-bond donors (Lipinski definition) is 4. The molecule has 5 nitrogen and oxygen atoms in total. The predicted molar refractivity (Wildman–Crippen MR) is 305 cm³/mol. The monoisotopic (exact) mass is 972 g/mol. The summed E-state index contributed by atoms with van der Waals surface area (Å²) < 4.78 is 0. The molecule has 0 radical (unpaired) electrons. The second-order valence-electron chi connectivity index (χ2n) is 22.0. The first kappa shape index (κ1) is 67.8. The maximum atomic E-state index is 12.5. The topological polar surface area (TPSA) is 89.8 Å². The van der Waals surface area contributed by atoms with Gasteiger partial charge in [0.05, 0.1) is 18.8 Å². The first-order valence-electron chi connectivity index (χ1n) is 31.6. The summed E-state index contributed by atoms with van der Waals surface area (Å²) in [6, 6.07) is -0.830. The molecular formula is C64H125NO4. The maximum Gasteiger partial charge on any atom is 0.220 e. The number of unbranched alkanes of at least 4 members (excludes halogenated alkanes) is 47. The summed E-state index contributed by atoms with van der Waals surface area (Å²) in [5.41, 5.74) is 0. The van der Waals surface area contributed by atoms with Gasteiger partial charge in [-0.3, -0.25) is 4.79 Å². The minimum atomic E-state index is -1.17. The van der Waals surface area contributed by atoms with Crippen LogP contribution in [0.15, 0.2) is 24.3 Å². The van der Waals surface area contributed by atoms with Gasteiger partial charge in [0.25, 0.3) is 0 Å². The van der Waals surface area contributed by atoms with Crippen LogP contribution in [0.2, 0.25) is 0 Å². The molecule has 3 unspecified atom stereocenters. The van der Waals surface area contributed by atoms with Crippen LogP contribution in [0, 0.1) is 0 Å². The van der Waals surface area contributed by atoms with Crippen LogP contribution in [-0.4, -0.2) is 46.1 Å². The fraction of sp³-hybridized carbons (Fsp3) is 0.922. The molecule has 0 aromatic carbocycles. The van der Waals surface area contributed by atoms with E-state index >= 15 is 0 Å². The van der Waals surface area contributed by atoms with Crippen LogP contribution in [0.3, 0.4) is 0 Å². The lowest BCUT2D eigenvalue weighted by Gasteiger charge is -2.26. The van der Waals surface area contributed by atoms with Crippen molar-refractivity contribution < 1.29 is 20.1 Å². The van der Waals surface area contributed by atoms with E-state index in [2.05, 4.69) is 43.5 Å². The summed E-state index contributed by atoms with van der Waals surface area (Å²) in [6.07, 6.45) is 76.7. The van der Waals surface area contributed by atoms with Crippen molar-refractivity contribution in [1.29, 1.82) is 0 Å². The Morgan fingerprint density at radius 1 is 0.348 bits per heavy atom. The van der Waals surface area contributed by atoms with E-state index in [0.29, 0.717) is 12.8 Å². The van der Waals surface area contributed by atoms with Gasteiger partial charge in [-0.25, -0.2) is 0 Å². The Morgan fingerprint density at radius 2 is 0.594 bits per heavy atom. The summed E-state index contributed by atoms with van der Waals surface area (Å²) in [5, 5.41) is 33.7. The third-order valence-electron chi connectivity index (χ3n) is 15.0. The van der Waals surface area contributed by atoms with Crippen LogP contribution in [-0.2, 0) is 4.79 Å². The number of carbonyl (C=O) groups excluding carboxylic acids is 1. The lowest BCUT2D eigenvalue weighted by atomic mass is 10.0. The van der Waals surface area contributed by atoms with Gasteiger partial charge in [0.15, 0.2) is 0 Å². The number of hydrogen-bond acceptors (Lipinski definition) is 4. The van der Waals surface area contributed by atoms with Crippen LogP contribution >= 0.6 is 0 Å². The summed E-state index contributed by atoms with van der Waals surface area (Å²) >= 11 is 0. The van der Waals surface area contributed by atoms with Crippen molar-refractivity contribution in [1.82, 2.24) is 5.32 Å².